The smallest absolute Gasteiger partial charge is 0.268 e. The van der Waals surface area contributed by atoms with Crippen molar-refractivity contribution in [3.05, 3.63) is 70.9 Å². The first kappa shape index (κ1) is 14.0. The predicted molar refractivity (Wildman–Crippen MR) is 88.5 cm³/mol. The molecule has 5 heteroatoms. The van der Waals surface area contributed by atoms with E-state index in [1.807, 2.05) is 30.3 Å². The number of thiocarbonyl (C=S) groups is 1. The zero-order chi connectivity index (χ0) is 14.8. The Morgan fingerprint density at radius 1 is 1.05 bits per heavy atom. The number of amides is 1. The molecule has 2 nitrogen and oxygen atoms in total. The molecule has 2 aromatic carbocycles. The quantitative estimate of drug-likeness (QED) is 0.611. The predicted octanol–water partition coefficient (Wildman–Crippen LogP) is 4.23. The average molecular weight is 315 g/mol. The topological polar surface area (TPSA) is 20.3 Å². The first-order valence-corrected chi connectivity index (χ1v) is 7.46. The van der Waals surface area contributed by atoms with Crippen molar-refractivity contribution in [3.8, 4) is 0 Å². The molecule has 0 N–H and O–H groups in total. The van der Waals surface area contributed by atoms with Crippen molar-refractivity contribution >= 4 is 46.0 Å². The van der Waals surface area contributed by atoms with Gasteiger partial charge in [0.2, 0.25) is 0 Å². The molecule has 1 heterocycles. The van der Waals surface area contributed by atoms with Crippen LogP contribution in [0.2, 0.25) is 0 Å². The summed E-state index contributed by atoms with van der Waals surface area (Å²) in [4.78, 5) is 14.5. The molecule has 1 amide bonds. The fraction of sp³-hybridized carbons (Fsp3) is 0. The van der Waals surface area contributed by atoms with Crippen LogP contribution >= 0.6 is 24.0 Å². The van der Waals surface area contributed by atoms with Gasteiger partial charge in [0.05, 0.1) is 10.6 Å². The molecule has 2 aromatic rings. The van der Waals surface area contributed by atoms with Crippen LogP contribution in [0.25, 0.3) is 6.08 Å². The lowest BCUT2D eigenvalue weighted by Crippen LogP contribution is -2.27. The largest absolute Gasteiger partial charge is 0.270 e. The molecule has 0 atom stereocenters. The zero-order valence-corrected chi connectivity index (χ0v) is 12.5. The third-order valence-corrected chi connectivity index (χ3v) is 4.28. The summed E-state index contributed by atoms with van der Waals surface area (Å²) in [6.45, 7) is 0. The van der Waals surface area contributed by atoms with E-state index in [1.54, 1.807) is 18.2 Å². The molecule has 0 saturated carbocycles. The summed E-state index contributed by atoms with van der Waals surface area (Å²) in [5.41, 5.74) is 1.52. The number of hydrogen-bond donors (Lipinski definition) is 0. The normalized spacial score (nSPS) is 16.8. The van der Waals surface area contributed by atoms with Crippen LogP contribution in [0.5, 0.6) is 0 Å². The first-order valence-electron chi connectivity index (χ1n) is 6.24. The van der Waals surface area contributed by atoms with E-state index in [1.165, 1.54) is 28.8 Å². The highest BCUT2D eigenvalue weighted by Crippen LogP contribution is 2.35. The first-order chi connectivity index (χ1) is 10.1. The lowest BCUT2D eigenvalue weighted by atomic mass is 10.2. The van der Waals surface area contributed by atoms with Crippen molar-refractivity contribution < 1.29 is 9.18 Å². The van der Waals surface area contributed by atoms with Crippen molar-refractivity contribution in [2.45, 2.75) is 0 Å². The van der Waals surface area contributed by atoms with Crippen LogP contribution in [-0.2, 0) is 4.79 Å². The second kappa shape index (κ2) is 5.79. The van der Waals surface area contributed by atoms with Crippen LogP contribution in [0.15, 0.2) is 59.5 Å². The summed E-state index contributed by atoms with van der Waals surface area (Å²) in [5, 5.41) is 0. The van der Waals surface area contributed by atoms with E-state index in [-0.39, 0.29) is 11.7 Å². The van der Waals surface area contributed by atoms with E-state index in [9.17, 15) is 9.18 Å². The van der Waals surface area contributed by atoms with Crippen molar-refractivity contribution in [1.82, 2.24) is 0 Å². The molecule has 0 radical (unpaired) electrons. The van der Waals surface area contributed by atoms with Crippen molar-refractivity contribution in [2.75, 3.05) is 4.90 Å². The molecule has 0 bridgehead atoms. The maximum absolute atomic E-state index is 12.9. The standard InChI is InChI=1S/C16H10FNOS2/c17-12-8-6-11(7-9-12)10-14-15(19)18(16(20)21-14)13-4-2-1-3-5-13/h1-10H/b14-10-. The molecule has 1 fully saturated rings. The number of benzene rings is 2. The van der Waals surface area contributed by atoms with E-state index >= 15 is 0 Å². The summed E-state index contributed by atoms with van der Waals surface area (Å²) in [6.07, 6.45) is 1.72. The molecular formula is C16H10FNOS2. The van der Waals surface area contributed by atoms with Gasteiger partial charge in [0.1, 0.15) is 5.82 Å². The van der Waals surface area contributed by atoms with Gasteiger partial charge in [0.25, 0.3) is 5.91 Å². The van der Waals surface area contributed by atoms with Gasteiger partial charge >= 0.3 is 0 Å². The lowest BCUT2D eigenvalue weighted by Gasteiger charge is -2.13. The van der Waals surface area contributed by atoms with Crippen molar-refractivity contribution in [3.63, 3.8) is 0 Å². The highest BCUT2D eigenvalue weighted by Gasteiger charge is 2.33. The van der Waals surface area contributed by atoms with Gasteiger partial charge in [-0.1, -0.05) is 54.3 Å². The van der Waals surface area contributed by atoms with Gasteiger partial charge in [-0.2, -0.15) is 0 Å². The van der Waals surface area contributed by atoms with E-state index in [0.717, 1.165) is 11.3 Å². The average Bonchev–Trinajstić information content (AvgIpc) is 2.77. The molecule has 1 aliphatic heterocycles. The summed E-state index contributed by atoms with van der Waals surface area (Å²) in [6, 6.07) is 15.3. The van der Waals surface area contributed by atoms with Crippen LogP contribution in [-0.4, -0.2) is 10.2 Å². The Morgan fingerprint density at radius 2 is 1.71 bits per heavy atom. The van der Waals surface area contributed by atoms with Crippen LogP contribution < -0.4 is 4.90 Å². The molecule has 0 unspecified atom stereocenters. The van der Waals surface area contributed by atoms with Crippen LogP contribution in [0.1, 0.15) is 5.56 Å². The molecule has 21 heavy (non-hydrogen) atoms. The maximum atomic E-state index is 12.9. The number of anilines is 1. The number of para-hydroxylation sites is 1. The summed E-state index contributed by atoms with van der Waals surface area (Å²) >= 11 is 6.53. The molecule has 3 rings (SSSR count). The van der Waals surface area contributed by atoms with Crippen molar-refractivity contribution in [1.29, 1.82) is 0 Å². The summed E-state index contributed by atoms with van der Waals surface area (Å²) in [5.74, 6) is -0.454. The van der Waals surface area contributed by atoms with Crippen LogP contribution in [0.4, 0.5) is 10.1 Å². The molecule has 0 aromatic heterocycles. The molecular weight excluding hydrogens is 305 g/mol. The highest BCUT2D eigenvalue weighted by atomic mass is 32.2. The SMILES string of the molecule is O=C1/C(=C/c2ccc(F)cc2)SC(=S)N1c1ccccc1. The van der Waals surface area contributed by atoms with Gasteiger partial charge in [-0.3, -0.25) is 9.69 Å². The van der Waals surface area contributed by atoms with Gasteiger partial charge in [0.15, 0.2) is 4.32 Å². The minimum absolute atomic E-state index is 0.152. The third-order valence-electron chi connectivity index (χ3n) is 2.98. The van der Waals surface area contributed by atoms with Crippen LogP contribution in [0, 0.1) is 5.82 Å². The Morgan fingerprint density at radius 3 is 2.38 bits per heavy atom. The zero-order valence-electron chi connectivity index (χ0n) is 10.8. The number of hydrogen-bond acceptors (Lipinski definition) is 3. The van der Waals surface area contributed by atoms with Crippen molar-refractivity contribution in [2.24, 2.45) is 0 Å². The fourth-order valence-corrected chi connectivity index (χ4v) is 3.28. The van der Waals surface area contributed by atoms with Gasteiger partial charge in [-0.25, -0.2) is 4.39 Å². The summed E-state index contributed by atoms with van der Waals surface area (Å²) in [7, 11) is 0. The maximum Gasteiger partial charge on any atom is 0.270 e. The van der Waals surface area contributed by atoms with Gasteiger partial charge < -0.3 is 0 Å². The van der Waals surface area contributed by atoms with E-state index < -0.39 is 0 Å². The molecule has 104 valence electrons. The minimum atomic E-state index is -0.302. The van der Waals surface area contributed by atoms with Crippen LogP contribution in [0.3, 0.4) is 0 Å². The Hall–Kier alpha value is -1.98. The number of carbonyl (C=O) groups excluding carboxylic acids is 1. The molecule has 1 aliphatic rings. The fourth-order valence-electron chi connectivity index (χ4n) is 1.98. The number of thioether (sulfide) groups is 1. The second-order valence-electron chi connectivity index (χ2n) is 4.40. The molecule has 0 aliphatic carbocycles. The Labute approximate surface area is 131 Å². The van der Waals surface area contributed by atoms with E-state index in [4.69, 9.17) is 12.2 Å². The number of carbonyl (C=O) groups is 1. The van der Waals surface area contributed by atoms with Gasteiger partial charge in [-0.05, 0) is 35.9 Å². The van der Waals surface area contributed by atoms with E-state index in [0.29, 0.717) is 9.23 Å². The Balaban J connectivity index is 1.92. The van der Waals surface area contributed by atoms with Gasteiger partial charge in [-0.15, -0.1) is 0 Å². The number of halogens is 1. The monoisotopic (exact) mass is 315 g/mol. The third kappa shape index (κ3) is 2.89. The molecule has 0 spiro atoms. The number of nitrogens with zero attached hydrogens (tertiary/aromatic N) is 1. The van der Waals surface area contributed by atoms with Gasteiger partial charge in [0, 0.05) is 0 Å². The lowest BCUT2D eigenvalue weighted by molar-refractivity contribution is -0.113. The summed E-state index contributed by atoms with van der Waals surface area (Å²) < 4.78 is 13.4. The number of rotatable bonds is 2. The van der Waals surface area contributed by atoms with E-state index in [2.05, 4.69) is 0 Å². The Kier molecular flexibility index (Phi) is 3.86. The highest BCUT2D eigenvalue weighted by molar-refractivity contribution is 8.27. The second-order valence-corrected chi connectivity index (χ2v) is 6.08. The Bertz CT molecular complexity index is 726. The minimum Gasteiger partial charge on any atom is -0.268 e. The molecule has 1 saturated heterocycles.